The molecule has 3 unspecified atom stereocenters. The Kier molecular flexibility index (Phi) is 3.22. The fourth-order valence-electron chi connectivity index (χ4n) is 3.60. The highest BCUT2D eigenvalue weighted by molar-refractivity contribution is 5.92. The Hall–Kier alpha value is -1.88. The van der Waals surface area contributed by atoms with Gasteiger partial charge in [-0.2, -0.15) is 0 Å². The van der Waals surface area contributed by atoms with E-state index in [0.717, 1.165) is 31.4 Å². The van der Waals surface area contributed by atoms with Crippen molar-refractivity contribution < 1.29 is 14.7 Å². The van der Waals surface area contributed by atoms with E-state index in [-0.39, 0.29) is 12.0 Å². The van der Waals surface area contributed by atoms with Crippen LogP contribution in [0.3, 0.4) is 0 Å². The van der Waals surface area contributed by atoms with Crippen LogP contribution in [0.5, 0.6) is 0 Å². The summed E-state index contributed by atoms with van der Waals surface area (Å²) in [7, 11) is 0. The normalized spacial score (nSPS) is 28.7. The number of rotatable bonds is 4. The first-order valence-electron chi connectivity index (χ1n) is 6.93. The SMILES string of the molecule is NC(=O)c1ccc(CN2C3CCC2C(C(=O)O)C3)cc1. The van der Waals surface area contributed by atoms with E-state index in [1.165, 1.54) is 0 Å². The van der Waals surface area contributed by atoms with Crippen molar-refractivity contribution in [3.63, 3.8) is 0 Å². The van der Waals surface area contributed by atoms with Crippen molar-refractivity contribution >= 4 is 11.9 Å². The molecule has 0 spiro atoms. The Morgan fingerprint density at radius 3 is 2.50 bits per heavy atom. The first kappa shape index (κ1) is 13.1. The average Bonchev–Trinajstić information content (AvgIpc) is 2.96. The molecule has 3 N–H and O–H groups in total. The topological polar surface area (TPSA) is 83.6 Å². The smallest absolute Gasteiger partial charge is 0.308 e. The molecule has 2 saturated heterocycles. The zero-order valence-electron chi connectivity index (χ0n) is 11.2. The van der Waals surface area contributed by atoms with Gasteiger partial charge in [-0.1, -0.05) is 12.1 Å². The number of amides is 1. The second-order valence-corrected chi connectivity index (χ2v) is 5.71. The van der Waals surface area contributed by atoms with Crippen LogP contribution < -0.4 is 5.73 Å². The molecule has 1 aromatic rings. The molecule has 3 atom stereocenters. The summed E-state index contributed by atoms with van der Waals surface area (Å²) in [4.78, 5) is 24.6. The number of carboxylic acids is 1. The highest BCUT2D eigenvalue weighted by Gasteiger charge is 2.48. The van der Waals surface area contributed by atoms with Gasteiger partial charge in [0, 0.05) is 24.2 Å². The summed E-state index contributed by atoms with van der Waals surface area (Å²) < 4.78 is 0. The van der Waals surface area contributed by atoms with Crippen molar-refractivity contribution in [3.05, 3.63) is 35.4 Å². The fourth-order valence-corrected chi connectivity index (χ4v) is 3.60. The molecule has 1 aromatic carbocycles. The monoisotopic (exact) mass is 274 g/mol. The lowest BCUT2D eigenvalue weighted by Gasteiger charge is -2.22. The summed E-state index contributed by atoms with van der Waals surface area (Å²) >= 11 is 0. The summed E-state index contributed by atoms with van der Waals surface area (Å²) in [5, 5.41) is 9.24. The molecule has 0 aromatic heterocycles. The summed E-state index contributed by atoms with van der Waals surface area (Å²) in [6, 6.07) is 7.79. The number of primary amides is 1. The first-order valence-corrected chi connectivity index (χ1v) is 6.93. The quantitative estimate of drug-likeness (QED) is 0.864. The highest BCUT2D eigenvalue weighted by Crippen LogP contribution is 2.42. The molecule has 0 saturated carbocycles. The van der Waals surface area contributed by atoms with Crippen molar-refractivity contribution in [2.24, 2.45) is 11.7 Å². The van der Waals surface area contributed by atoms with Crippen LogP contribution in [0, 0.1) is 5.92 Å². The molecule has 5 nitrogen and oxygen atoms in total. The van der Waals surface area contributed by atoms with Crippen molar-refractivity contribution in [2.75, 3.05) is 0 Å². The van der Waals surface area contributed by atoms with E-state index in [1.54, 1.807) is 12.1 Å². The first-order chi connectivity index (χ1) is 9.56. The van der Waals surface area contributed by atoms with Crippen molar-refractivity contribution in [2.45, 2.75) is 37.9 Å². The largest absolute Gasteiger partial charge is 0.481 e. The van der Waals surface area contributed by atoms with Gasteiger partial charge in [0.25, 0.3) is 0 Å². The third kappa shape index (κ3) is 2.18. The van der Waals surface area contributed by atoms with Crippen LogP contribution in [0.25, 0.3) is 0 Å². The van der Waals surface area contributed by atoms with Crippen LogP contribution in [0.2, 0.25) is 0 Å². The molecule has 0 radical (unpaired) electrons. The van der Waals surface area contributed by atoms with Gasteiger partial charge in [0.1, 0.15) is 0 Å². The zero-order valence-corrected chi connectivity index (χ0v) is 11.2. The van der Waals surface area contributed by atoms with E-state index in [4.69, 9.17) is 5.73 Å². The molecule has 5 heteroatoms. The van der Waals surface area contributed by atoms with Gasteiger partial charge in [-0.15, -0.1) is 0 Å². The van der Waals surface area contributed by atoms with Gasteiger partial charge in [0.05, 0.1) is 5.92 Å². The van der Waals surface area contributed by atoms with Gasteiger partial charge in [-0.25, -0.2) is 0 Å². The van der Waals surface area contributed by atoms with E-state index in [1.807, 2.05) is 12.1 Å². The Balaban J connectivity index is 1.72. The van der Waals surface area contributed by atoms with Gasteiger partial charge in [-0.3, -0.25) is 14.5 Å². The van der Waals surface area contributed by atoms with Crippen molar-refractivity contribution in [1.29, 1.82) is 0 Å². The number of carbonyl (C=O) groups is 2. The third-order valence-corrected chi connectivity index (χ3v) is 4.60. The average molecular weight is 274 g/mol. The van der Waals surface area contributed by atoms with E-state index < -0.39 is 11.9 Å². The number of hydrogen-bond acceptors (Lipinski definition) is 3. The molecule has 2 fully saturated rings. The number of carbonyl (C=O) groups excluding carboxylic acids is 1. The Bertz CT molecular complexity index is 541. The predicted molar refractivity (Wildman–Crippen MR) is 73.1 cm³/mol. The summed E-state index contributed by atoms with van der Waals surface area (Å²) in [5.41, 5.74) is 6.82. The van der Waals surface area contributed by atoms with Crippen molar-refractivity contribution in [1.82, 2.24) is 4.90 Å². The highest BCUT2D eigenvalue weighted by atomic mass is 16.4. The maximum absolute atomic E-state index is 11.2. The number of benzene rings is 1. The summed E-state index contributed by atoms with van der Waals surface area (Å²) in [5.74, 6) is -1.33. The lowest BCUT2D eigenvalue weighted by Crippen LogP contribution is -2.32. The lowest BCUT2D eigenvalue weighted by molar-refractivity contribution is -0.142. The minimum atomic E-state index is -0.675. The number of nitrogens with zero attached hydrogens (tertiary/aromatic N) is 1. The van der Waals surface area contributed by atoms with E-state index in [9.17, 15) is 14.7 Å². The summed E-state index contributed by atoms with van der Waals surface area (Å²) in [6.07, 6.45) is 2.83. The van der Waals surface area contributed by atoms with E-state index in [2.05, 4.69) is 4.90 Å². The zero-order chi connectivity index (χ0) is 14.3. The molecule has 2 aliphatic heterocycles. The molecule has 20 heavy (non-hydrogen) atoms. The molecule has 2 heterocycles. The van der Waals surface area contributed by atoms with E-state index >= 15 is 0 Å². The molecule has 1 amide bonds. The fraction of sp³-hybridized carbons (Fsp3) is 0.467. The van der Waals surface area contributed by atoms with Crippen molar-refractivity contribution in [3.8, 4) is 0 Å². The molecule has 2 bridgehead atoms. The van der Waals surface area contributed by atoms with Crippen LogP contribution >= 0.6 is 0 Å². The number of fused-ring (bicyclic) bond motifs is 2. The van der Waals surface area contributed by atoms with Gasteiger partial charge in [-0.05, 0) is 37.0 Å². The van der Waals surface area contributed by atoms with Crippen LogP contribution in [-0.2, 0) is 11.3 Å². The van der Waals surface area contributed by atoms with Crippen LogP contribution in [-0.4, -0.2) is 34.0 Å². The Labute approximate surface area is 117 Å². The van der Waals surface area contributed by atoms with E-state index in [0.29, 0.717) is 11.6 Å². The van der Waals surface area contributed by atoms with Crippen LogP contribution in [0.15, 0.2) is 24.3 Å². The second-order valence-electron chi connectivity index (χ2n) is 5.71. The molecular weight excluding hydrogens is 256 g/mol. The number of hydrogen-bond donors (Lipinski definition) is 2. The lowest BCUT2D eigenvalue weighted by atomic mass is 9.89. The standard InChI is InChI=1S/C15H18N2O3/c16-14(18)10-3-1-9(2-4-10)8-17-11-5-6-13(17)12(7-11)15(19)20/h1-4,11-13H,5-8H2,(H2,16,18)(H,19,20). The molecule has 2 aliphatic rings. The van der Waals surface area contributed by atoms with Gasteiger partial charge in [0.2, 0.25) is 5.91 Å². The number of nitrogens with two attached hydrogens (primary N) is 1. The Morgan fingerprint density at radius 2 is 1.95 bits per heavy atom. The molecule has 0 aliphatic carbocycles. The molecule has 106 valence electrons. The van der Waals surface area contributed by atoms with Gasteiger partial charge < -0.3 is 10.8 Å². The number of carboxylic acid groups (broad SMARTS) is 1. The third-order valence-electron chi connectivity index (χ3n) is 4.60. The molecular formula is C15H18N2O3. The van der Waals surface area contributed by atoms with Gasteiger partial charge >= 0.3 is 5.97 Å². The maximum Gasteiger partial charge on any atom is 0.308 e. The van der Waals surface area contributed by atoms with Gasteiger partial charge in [0.15, 0.2) is 0 Å². The van der Waals surface area contributed by atoms with Crippen LogP contribution in [0.1, 0.15) is 35.2 Å². The number of aliphatic carboxylic acids is 1. The Morgan fingerprint density at radius 1 is 1.25 bits per heavy atom. The molecule has 3 rings (SSSR count). The minimum absolute atomic E-state index is 0.160. The van der Waals surface area contributed by atoms with Crippen LogP contribution in [0.4, 0.5) is 0 Å². The second kappa shape index (κ2) is 4.90. The minimum Gasteiger partial charge on any atom is -0.481 e. The maximum atomic E-state index is 11.2. The predicted octanol–water partition coefficient (Wildman–Crippen LogP) is 1.22. The summed E-state index contributed by atoms with van der Waals surface area (Å²) in [6.45, 7) is 0.748.